The predicted molar refractivity (Wildman–Crippen MR) is 70.4 cm³/mol. The Labute approximate surface area is 111 Å². The number of nitrogens with one attached hydrogen (secondary N) is 2. The van der Waals surface area contributed by atoms with Gasteiger partial charge in [-0.25, -0.2) is 4.79 Å². The van der Waals surface area contributed by atoms with Crippen LogP contribution in [0.4, 0.5) is 4.79 Å². The lowest BCUT2D eigenvalue weighted by atomic mass is 10.2. The van der Waals surface area contributed by atoms with Gasteiger partial charge in [0.05, 0.1) is 6.54 Å². The second-order valence-electron chi connectivity index (χ2n) is 3.93. The summed E-state index contributed by atoms with van der Waals surface area (Å²) in [5.41, 5.74) is 1.01. The lowest BCUT2D eigenvalue weighted by Gasteiger charge is -2.16. The minimum atomic E-state index is -0.504. The van der Waals surface area contributed by atoms with E-state index in [0.717, 1.165) is 5.56 Å². The van der Waals surface area contributed by atoms with Crippen LogP contribution < -0.4 is 10.6 Å². The molecule has 0 unspecified atom stereocenters. The number of hydrogen-bond donors (Lipinski definition) is 2. The third kappa shape index (κ3) is 5.16. The first-order valence-corrected chi connectivity index (χ1v) is 5.83. The molecule has 1 rings (SSSR count). The Hall–Kier alpha value is -1.59. The van der Waals surface area contributed by atoms with Gasteiger partial charge >= 0.3 is 6.03 Å². The van der Waals surface area contributed by atoms with Crippen molar-refractivity contribution < 1.29 is 9.59 Å². The highest BCUT2D eigenvalue weighted by Gasteiger charge is 2.09. The maximum absolute atomic E-state index is 11.4. The summed E-state index contributed by atoms with van der Waals surface area (Å²) < 4.78 is 0. The zero-order valence-electron chi connectivity index (χ0n) is 10.4. The van der Waals surface area contributed by atoms with Crippen molar-refractivity contribution in [2.45, 2.75) is 6.54 Å². The molecule has 0 aliphatic rings. The van der Waals surface area contributed by atoms with Gasteiger partial charge in [-0.05, 0) is 24.7 Å². The number of benzene rings is 1. The fourth-order valence-electron chi connectivity index (χ4n) is 1.48. The van der Waals surface area contributed by atoms with Crippen LogP contribution in [0.1, 0.15) is 5.56 Å². The molecule has 0 aromatic heterocycles. The van der Waals surface area contributed by atoms with Gasteiger partial charge in [-0.2, -0.15) is 0 Å². The van der Waals surface area contributed by atoms with E-state index in [9.17, 15) is 9.59 Å². The second-order valence-corrected chi connectivity index (χ2v) is 4.37. The molecule has 0 saturated heterocycles. The van der Waals surface area contributed by atoms with Gasteiger partial charge in [0, 0.05) is 18.6 Å². The molecule has 1 aromatic carbocycles. The standard InChI is InChI=1S/C12H16ClN3O2/c1-14-12(18)15-11(17)8-16(2)7-9-4-3-5-10(13)6-9/h3-6H,7-8H2,1-2H3,(H2,14,15,17,18). The Morgan fingerprint density at radius 3 is 2.72 bits per heavy atom. The molecule has 0 fully saturated rings. The Balaban J connectivity index is 2.44. The van der Waals surface area contributed by atoms with Crippen LogP contribution in [0.2, 0.25) is 5.02 Å². The summed E-state index contributed by atoms with van der Waals surface area (Å²) in [5, 5.41) is 5.18. The third-order valence-electron chi connectivity index (χ3n) is 2.24. The molecule has 6 heteroatoms. The molecule has 0 aliphatic carbocycles. The highest BCUT2D eigenvalue weighted by atomic mass is 35.5. The van der Waals surface area contributed by atoms with Gasteiger partial charge in [-0.3, -0.25) is 15.0 Å². The highest BCUT2D eigenvalue weighted by Crippen LogP contribution is 2.11. The number of hydrogen-bond acceptors (Lipinski definition) is 3. The first-order valence-electron chi connectivity index (χ1n) is 5.46. The van der Waals surface area contributed by atoms with Crippen LogP contribution in [-0.4, -0.2) is 37.5 Å². The maximum Gasteiger partial charge on any atom is 0.321 e. The molecule has 0 spiro atoms. The van der Waals surface area contributed by atoms with Gasteiger partial charge in [0.1, 0.15) is 0 Å². The molecular weight excluding hydrogens is 254 g/mol. The molecule has 0 bridgehead atoms. The molecular formula is C12H16ClN3O2. The van der Waals surface area contributed by atoms with Crippen molar-refractivity contribution in [1.29, 1.82) is 0 Å². The Bertz CT molecular complexity index is 437. The monoisotopic (exact) mass is 269 g/mol. The van der Waals surface area contributed by atoms with Crippen molar-refractivity contribution in [3.63, 3.8) is 0 Å². The quantitative estimate of drug-likeness (QED) is 0.864. The van der Waals surface area contributed by atoms with Gasteiger partial charge in [0.25, 0.3) is 0 Å². The lowest BCUT2D eigenvalue weighted by Crippen LogP contribution is -2.42. The normalized spacial score (nSPS) is 10.2. The van der Waals surface area contributed by atoms with E-state index in [4.69, 9.17) is 11.6 Å². The first-order chi connectivity index (χ1) is 8.51. The summed E-state index contributed by atoms with van der Waals surface area (Å²) in [6.45, 7) is 0.724. The van der Waals surface area contributed by atoms with Crippen LogP contribution in [-0.2, 0) is 11.3 Å². The Morgan fingerprint density at radius 2 is 2.11 bits per heavy atom. The van der Waals surface area contributed by atoms with Crippen molar-refractivity contribution in [2.75, 3.05) is 20.6 Å². The van der Waals surface area contributed by atoms with Crippen LogP contribution in [0.3, 0.4) is 0 Å². The van der Waals surface area contributed by atoms with Crippen LogP contribution >= 0.6 is 11.6 Å². The molecule has 3 amide bonds. The van der Waals surface area contributed by atoms with E-state index in [0.29, 0.717) is 11.6 Å². The number of halogens is 1. The van der Waals surface area contributed by atoms with Crippen molar-refractivity contribution in [3.8, 4) is 0 Å². The number of imide groups is 1. The van der Waals surface area contributed by atoms with Gasteiger partial charge in [-0.15, -0.1) is 0 Å². The molecule has 5 nitrogen and oxygen atoms in total. The Morgan fingerprint density at radius 1 is 1.39 bits per heavy atom. The Kier molecular flexibility index (Phi) is 5.61. The van der Waals surface area contributed by atoms with Crippen molar-refractivity contribution >= 4 is 23.5 Å². The SMILES string of the molecule is CNC(=O)NC(=O)CN(C)Cc1cccc(Cl)c1. The minimum Gasteiger partial charge on any atom is -0.341 e. The van der Waals surface area contributed by atoms with Crippen LogP contribution in [0, 0.1) is 0 Å². The van der Waals surface area contributed by atoms with E-state index < -0.39 is 6.03 Å². The van der Waals surface area contributed by atoms with Gasteiger partial charge in [0.2, 0.25) is 5.91 Å². The average molecular weight is 270 g/mol. The van der Waals surface area contributed by atoms with Gasteiger partial charge in [-0.1, -0.05) is 23.7 Å². The summed E-state index contributed by atoms with van der Waals surface area (Å²) in [6, 6.07) is 6.92. The smallest absolute Gasteiger partial charge is 0.321 e. The zero-order valence-corrected chi connectivity index (χ0v) is 11.1. The number of likely N-dealkylation sites (N-methyl/N-ethyl adjacent to an activating group) is 1. The summed E-state index contributed by atoms with van der Waals surface area (Å²) in [7, 11) is 3.25. The fraction of sp³-hybridized carbons (Fsp3) is 0.333. The van der Waals surface area contributed by atoms with Crippen LogP contribution in [0.15, 0.2) is 24.3 Å². The zero-order chi connectivity index (χ0) is 13.5. The predicted octanol–water partition coefficient (Wildman–Crippen LogP) is 1.23. The number of urea groups is 1. The topological polar surface area (TPSA) is 61.4 Å². The summed E-state index contributed by atoms with van der Waals surface area (Å²) in [4.78, 5) is 24.2. The van der Waals surface area contributed by atoms with E-state index in [1.165, 1.54) is 7.05 Å². The largest absolute Gasteiger partial charge is 0.341 e. The van der Waals surface area contributed by atoms with Crippen molar-refractivity contribution in [2.24, 2.45) is 0 Å². The van der Waals surface area contributed by atoms with E-state index in [1.54, 1.807) is 18.0 Å². The number of carbonyl (C=O) groups excluding carboxylic acids is 2. The van der Waals surface area contributed by atoms with Crippen LogP contribution in [0.25, 0.3) is 0 Å². The second kappa shape index (κ2) is 6.98. The summed E-state index contributed by atoms with van der Waals surface area (Å²) >= 11 is 5.87. The number of rotatable bonds is 4. The maximum atomic E-state index is 11.4. The number of amides is 3. The van der Waals surface area contributed by atoms with Crippen molar-refractivity contribution in [1.82, 2.24) is 15.5 Å². The lowest BCUT2D eigenvalue weighted by molar-refractivity contribution is -0.120. The molecule has 0 aliphatic heterocycles. The van der Waals surface area contributed by atoms with Gasteiger partial charge in [0.15, 0.2) is 0 Å². The molecule has 98 valence electrons. The van der Waals surface area contributed by atoms with Crippen molar-refractivity contribution in [3.05, 3.63) is 34.9 Å². The summed E-state index contributed by atoms with van der Waals surface area (Å²) in [6.07, 6.45) is 0. The molecule has 0 saturated carbocycles. The van der Waals surface area contributed by atoms with E-state index in [-0.39, 0.29) is 12.5 Å². The number of carbonyl (C=O) groups is 2. The van der Waals surface area contributed by atoms with E-state index in [2.05, 4.69) is 10.6 Å². The minimum absolute atomic E-state index is 0.139. The highest BCUT2D eigenvalue weighted by molar-refractivity contribution is 6.30. The molecule has 2 N–H and O–H groups in total. The third-order valence-corrected chi connectivity index (χ3v) is 2.47. The molecule has 18 heavy (non-hydrogen) atoms. The number of nitrogens with zero attached hydrogens (tertiary/aromatic N) is 1. The molecule has 0 heterocycles. The van der Waals surface area contributed by atoms with E-state index in [1.807, 2.05) is 18.2 Å². The summed E-state index contributed by atoms with van der Waals surface area (Å²) in [5.74, 6) is -0.348. The van der Waals surface area contributed by atoms with Crippen LogP contribution in [0.5, 0.6) is 0 Å². The molecule has 0 radical (unpaired) electrons. The average Bonchev–Trinajstić information content (AvgIpc) is 2.28. The fourth-order valence-corrected chi connectivity index (χ4v) is 1.69. The van der Waals surface area contributed by atoms with Gasteiger partial charge < -0.3 is 5.32 Å². The first kappa shape index (κ1) is 14.5. The molecule has 0 atom stereocenters. The van der Waals surface area contributed by atoms with E-state index >= 15 is 0 Å². The molecule has 1 aromatic rings.